The third-order valence-electron chi connectivity index (χ3n) is 4.41. The van der Waals surface area contributed by atoms with Gasteiger partial charge in [-0.25, -0.2) is 18.3 Å². The number of rotatable bonds is 9. The predicted octanol–water partition coefficient (Wildman–Crippen LogP) is 1.29. The van der Waals surface area contributed by atoms with Crippen LogP contribution in [0, 0.1) is 0 Å². The number of sulfone groups is 1. The van der Waals surface area contributed by atoms with Gasteiger partial charge in [-0.2, -0.15) is 0 Å². The monoisotopic (exact) mass is 466 g/mol. The smallest absolute Gasteiger partial charge is 0.278 e. The van der Waals surface area contributed by atoms with Crippen molar-refractivity contribution in [3.63, 3.8) is 0 Å². The van der Waals surface area contributed by atoms with E-state index >= 15 is 0 Å². The number of carbonyl (C=O) groups excluding carboxylic acids is 2. The Labute approximate surface area is 184 Å². The van der Waals surface area contributed by atoms with E-state index in [0.29, 0.717) is 5.56 Å². The Morgan fingerprint density at radius 2 is 1.84 bits per heavy atom. The standard InChI is InChI=1S/C21H23FN2O7S/c1-31-24-21(28)16-9-3-13(11-18(16)25)4-10-19(26)23-17(12-22)20(27)14-5-7-15(8-6-14)32(2,29)30/h3-11,17,20,25,27H,12H2,1-2H3,(H,23,26)(H,24,28)/b10-4+. The van der Waals surface area contributed by atoms with Gasteiger partial charge in [0.1, 0.15) is 18.5 Å². The molecule has 0 bridgehead atoms. The Morgan fingerprint density at radius 1 is 1.19 bits per heavy atom. The first-order chi connectivity index (χ1) is 15.1. The average Bonchev–Trinajstić information content (AvgIpc) is 2.75. The first-order valence-electron chi connectivity index (χ1n) is 9.25. The molecule has 0 aliphatic heterocycles. The van der Waals surface area contributed by atoms with E-state index in [1.807, 2.05) is 0 Å². The summed E-state index contributed by atoms with van der Waals surface area (Å²) in [6, 6.07) is 8.03. The van der Waals surface area contributed by atoms with Gasteiger partial charge in [-0.3, -0.25) is 14.4 Å². The fraction of sp³-hybridized carbons (Fsp3) is 0.238. The van der Waals surface area contributed by atoms with Crippen LogP contribution in [0.5, 0.6) is 5.75 Å². The van der Waals surface area contributed by atoms with Crippen molar-refractivity contribution in [1.29, 1.82) is 0 Å². The predicted molar refractivity (Wildman–Crippen MR) is 114 cm³/mol. The number of phenolic OH excluding ortho intramolecular Hbond substituents is 1. The van der Waals surface area contributed by atoms with Crippen LogP contribution in [-0.4, -0.2) is 56.5 Å². The summed E-state index contributed by atoms with van der Waals surface area (Å²) in [6.45, 7) is -1.07. The van der Waals surface area contributed by atoms with E-state index in [-0.39, 0.29) is 21.8 Å². The number of benzene rings is 2. The highest BCUT2D eigenvalue weighted by molar-refractivity contribution is 7.90. The highest BCUT2D eigenvalue weighted by atomic mass is 32.2. The molecule has 2 aromatic carbocycles. The quantitative estimate of drug-likeness (QED) is 0.322. The lowest BCUT2D eigenvalue weighted by Crippen LogP contribution is -2.40. The van der Waals surface area contributed by atoms with Crippen LogP contribution >= 0.6 is 0 Å². The minimum atomic E-state index is -3.42. The van der Waals surface area contributed by atoms with Gasteiger partial charge in [-0.05, 0) is 41.5 Å². The maximum absolute atomic E-state index is 13.4. The molecule has 0 spiro atoms. The van der Waals surface area contributed by atoms with Gasteiger partial charge in [0.25, 0.3) is 5.91 Å². The van der Waals surface area contributed by atoms with Gasteiger partial charge in [0.05, 0.1) is 23.6 Å². The Bertz CT molecular complexity index is 1100. The zero-order valence-corrected chi connectivity index (χ0v) is 18.1. The fourth-order valence-electron chi connectivity index (χ4n) is 2.74. The number of alkyl halides is 1. The SMILES string of the molecule is CONC(=O)c1ccc(/C=C/C(=O)NC(CF)C(O)c2ccc(S(C)(=O)=O)cc2)cc1O. The van der Waals surface area contributed by atoms with E-state index < -0.39 is 40.5 Å². The van der Waals surface area contributed by atoms with Crippen molar-refractivity contribution in [1.82, 2.24) is 10.8 Å². The Kier molecular flexibility index (Phi) is 8.47. The molecular weight excluding hydrogens is 443 g/mol. The lowest BCUT2D eigenvalue weighted by atomic mass is 10.0. The molecule has 0 fully saturated rings. The molecule has 2 aromatic rings. The summed E-state index contributed by atoms with van der Waals surface area (Å²) in [5.74, 6) is -1.69. The van der Waals surface area contributed by atoms with E-state index in [0.717, 1.165) is 12.3 Å². The van der Waals surface area contributed by atoms with Crippen molar-refractivity contribution in [2.75, 3.05) is 20.0 Å². The van der Waals surface area contributed by atoms with Crippen molar-refractivity contribution in [3.8, 4) is 5.75 Å². The largest absolute Gasteiger partial charge is 0.507 e. The van der Waals surface area contributed by atoms with Crippen LogP contribution in [0.25, 0.3) is 6.08 Å². The van der Waals surface area contributed by atoms with Crippen molar-refractivity contribution < 1.29 is 37.4 Å². The number of hydroxylamine groups is 1. The van der Waals surface area contributed by atoms with E-state index in [4.69, 9.17) is 0 Å². The topological polar surface area (TPSA) is 142 Å². The third-order valence-corrected chi connectivity index (χ3v) is 5.54. The van der Waals surface area contributed by atoms with Crippen LogP contribution in [0.1, 0.15) is 27.6 Å². The highest BCUT2D eigenvalue weighted by Gasteiger charge is 2.22. The number of halogens is 1. The molecule has 0 aromatic heterocycles. The van der Waals surface area contributed by atoms with Crippen molar-refractivity contribution in [3.05, 3.63) is 65.2 Å². The van der Waals surface area contributed by atoms with Crippen molar-refractivity contribution >= 4 is 27.7 Å². The van der Waals surface area contributed by atoms with E-state index in [1.54, 1.807) is 0 Å². The Hall–Kier alpha value is -3.28. The van der Waals surface area contributed by atoms with Gasteiger partial charge in [0, 0.05) is 12.3 Å². The van der Waals surface area contributed by atoms with Gasteiger partial charge in [-0.1, -0.05) is 18.2 Å². The second-order valence-electron chi connectivity index (χ2n) is 6.80. The number of nitrogens with one attached hydrogen (secondary N) is 2. The van der Waals surface area contributed by atoms with Crippen LogP contribution in [0.3, 0.4) is 0 Å². The summed E-state index contributed by atoms with van der Waals surface area (Å²) in [5, 5.41) is 22.6. The van der Waals surface area contributed by atoms with Crippen molar-refractivity contribution in [2.24, 2.45) is 0 Å². The highest BCUT2D eigenvalue weighted by Crippen LogP contribution is 2.21. The second-order valence-corrected chi connectivity index (χ2v) is 8.82. The molecule has 0 aliphatic carbocycles. The summed E-state index contributed by atoms with van der Waals surface area (Å²) in [6.07, 6.45) is 2.03. The lowest BCUT2D eigenvalue weighted by Gasteiger charge is -2.21. The molecule has 0 saturated heterocycles. The summed E-state index contributed by atoms with van der Waals surface area (Å²) in [5.41, 5.74) is 2.66. The van der Waals surface area contributed by atoms with Gasteiger partial charge in [0.2, 0.25) is 5.91 Å². The van der Waals surface area contributed by atoms with E-state index in [9.17, 15) is 32.6 Å². The molecule has 4 N–H and O–H groups in total. The van der Waals surface area contributed by atoms with Crippen LogP contribution in [0.4, 0.5) is 4.39 Å². The number of aliphatic hydroxyl groups excluding tert-OH is 1. The normalized spacial score (nSPS) is 13.5. The number of phenols is 1. The van der Waals surface area contributed by atoms with Crippen LogP contribution in [-0.2, 0) is 19.5 Å². The van der Waals surface area contributed by atoms with Crippen LogP contribution in [0.2, 0.25) is 0 Å². The number of carbonyl (C=O) groups is 2. The third kappa shape index (κ3) is 6.61. The lowest BCUT2D eigenvalue weighted by molar-refractivity contribution is -0.118. The number of hydrogen-bond acceptors (Lipinski definition) is 7. The first-order valence-corrected chi connectivity index (χ1v) is 11.1. The molecule has 2 rings (SSSR count). The number of hydrogen-bond donors (Lipinski definition) is 4. The van der Waals surface area contributed by atoms with Crippen molar-refractivity contribution in [2.45, 2.75) is 17.0 Å². The molecule has 9 nitrogen and oxygen atoms in total. The zero-order chi connectivity index (χ0) is 23.9. The second kappa shape index (κ2) is 10.8. The average molecular weight is 466 g/mol. The summed E-state index contributed by atoms with van der Waals surface area (Å²) >= 11 is 0. The minimum absolute atomic E-state index is 0.0315. The van der Waals surface area contributed by atoms with Gasteiger partial charge in [-0.15, -0.1) is 0 Å². The fourth-order valence-corrected chi connectivity index (χ4v) is 3.37. The number of aromatic hydroxyl groups is 1. The summed E-state index contributed by atoms with van der Waals surface area (Å²) in [7, 11) is -2.17. The Balaban J connectivity index is 2.06. The maximum atomic E-state index is 13.4. The minimum Gasteiger partial charge on any atom is -0.507 e. The summed E-state index contributed by atoms with van der Waals surface area (Å²) < 4.78 is 36.5. The molecule has 2 amide bonds. The van der Waals surface area contributed by atoms with Gasteiger partial charge >= 0.3 is 0 Å². The number of aliphatic hydroxyl groups is 1. The van der Waals surface area contributed by atoms with Gasteiger partial charge < -0.3 is 15.5 Å². The molecule has 2 unspecified atom stereocenters. The molecule has 2 atom stereocenters. The molecule has 32 heavy (non-hydrogen) atoms. The molecule has 0 saturated carbocycles. The van der Waals surface area contributed by atoms with E-state index in [1.165, 1.54) is 55.7 Å². The zero-order valence-electron chi connectivity index (χ0n) is 17.3. The molecule has 0 heterocycles. The summed E-state index contributed by atoms with van der Waals surface area (Å²) in [4.78, 5) is 28.4. The molecule has 0 aliphatic rings. The number of amides is 2. The Morgan fingerprint density at radius 3 is 2.38 bits per heavy atom. The molecule has 172 valence electrons. The molecule has 11 heteroatoms. The molecule has 0 radical (unpaired) electrons. The van der Waals surface area contributed by atoms with Crippen LogP contribution in [0.15, 0.2) is 53.4 Å². The van der Waals surface area contributed by atoms with Gasteiger partial charge in [0.15, 0.2) is 9.84 Å². The van der Waals surface area contributed by atoms with Crippen LogP contribution < -0.4 is 10.8 Å². The van der Waals surface area contributed by atoms with E-state index in [2.05, 4.69) is 15.6 Å². The maximum Gasteiger partial charge on any atom is 0.278 e. The first kappa shape index (κ1) is 25.0. The molecular formula is C21H23FN2O7S.